The number of phosphoric acid groups is 1. The SMILES string of the molecule is Cc1cc(OP(=O)(Oc2ccccc2)Oc2ccccc2)ccc1[N+](=O)[O-]. The predicted octanol–water partition coefficient (Wildman–Crippen LogP) is 5.55. The number of rotatable bonds is 7. The van der Waals surface area contributed by atoms with E-state index in [4.69, 9.17) is 13.6 Å². The van der Waals surface area contributed by atoms with Crippen LogP contribution in [0, 0.1) is 17.0 Å². The van der Waals surface area contributed by atoms with Crippen LogP contribution in [0.4, 0.5) is 5.69 Å². The van der Waals surface area contributed by atoms with E-state index < -0.39 is 12.7 Å². The minimum atomic E-state index is -4.11. The molecular formula is C19H16NO6P. The number of nitrogens with zero attached hydrogens (tertiary/aromatic N) is 1. The maximum Gasteiger partial charge on any atom is 0.647 e. The van der Waals surface area contributed by atoms with Crippen molar-refractivity contribution < 1.29 is 23.1 Å². The van der Waals surface area contributed by atoms with Crippen LogP contribution in [-0.2, 0) is 4.57 Å². The van der Waals surface area contributed by atoms with E-state index >= 15 is 0 Å². The van der Waals surface area contributed by atoms with Gasteiger partial charge in [-0.2, -0.15) is 4.57 Å². The van der Waals surface area contributed by atoms with Gasteiger partial charge >= 0.3 is 7.82 Å². The minimum Gasteiger partial charge on any atom is -0.386 e. The Morgan fingerprint density at radius 2 is 1.26 bits per heavy atom. The number of aryl methyl sites for hydroxylation is 1. The third-order valence-electron chi connectivity index (χ3n) is 3.50. The molecule has 0 aliphatic carbocycles. The van der Waals surface area contributed by atoms with Crippen molar-refractivity contribution in [3.8, 4) is 17.2 Å². The summed E-state index contributed by atoms with van der Waals surface area (Å²) < 4.78 is 29.8. The molecule has 0 unspecified atom stereocenters. The van der Waals surface area contributed by atoms with Gasteiger partial charge in [0.15, 0.2) is 0 Å². The second kappa shape index (κ2) is 7.93. The number of phosphoric ester groups is 1. The first kappa shape index (κ1) is 18.5. The number of hydrogen-bond acceptors (Lipinski definition) is 6. The van der Waals surface area contributed by atoms with Gasteiger partial charge in [0.25, 0.3) is 5.69 Å². The van der Waals surface area contributed by atoms with Gasteiger partial charge in [0.05, 0.1) is 4.92 Å². The van der Waals surface area contributed by atoms with E-state index in [2.05, 4.69) is 0 Å². The third-order valence-corrected chi connectivity index (χ3v) is 4.81. The Hall–Kier alpha value is -3.31. The van der Waals surface area contributed by atoms with Crippen LogP contribution in [0.1, 0.15) is 5.56 Å². The Kier molecular flexibility index (Phi) is 5.43. The Morgan fingerprint density at radius 3 is 1.70 bits per heavy atom. The van der Waals surface area contributed by atoms with Gasteiger partial charge in [0, 0.05) is 11.6 Å². The topological polar surface area (TPSA) is 87.9 Å². The second-order valence-electron chi connectivity index (χ2n) is 5.55. The fourth-order valence-corrected chi connectivity index (χ4v) is 3.54. The van der Waals surface area contributed by atoms with E-state index in [0.717, 1.165) is 0 Å². The quantitative estimate of drug-likeness (QED) is 0.301. The van der Waals surface area contributed by atoms with Gasteiger partial charge in [-0.15, -0.1) is 0 Å². The molecule has 0 aromatic heterocycles. The van der Waals surface area contributed by atoms with Crippen molar-refractivity contribution in [3.05, 3.63) is 94.5 Å². The van der Waals surface area contributed by atoms with Crippen molar-refractivity contribution in [2.75, 3.05) is 0 Å². The van der Waals surface area contributed by atoms with Crippen molar-refractivity contribution in [2.45, 2.75) is 6.92 Å². The molecule has 0 fully saturated rings. The fraction of sp³-hybridized carbons (Fsp3) is 0.0526. The smallest absolute Gasteiger partial charge is 0.386 e. The molecule has 3 aromatic carbocycles. The maximum atomic E-state index is 13.3. The Balaban J connectivity index is 1.90. The molecule has 0 aliphatic heterocycles. The average Bonchev–Trinajstić information content (AvgIpc) is 2.62. The Labute approximate surface area is 155 Å². The number of nitro benzene ring substituents is 1. The number of hydrogen-bond donors (Lipinski definition) is 0. The van der Waals surface area contributed by atoms with Crippen LogP contribution in [0.25, 0.3) is 0 Å². The summed E-state index contributed by atoms with van der Waals surface area (Å²) in [6.45, 7) is 1.56. The zero-order valence-electron chi connectivity index (χ0n) is 14.3. The molecule has 0 heterocycles. The van der Waals surface area contributed by atoms with Crippen LogP contribution in [-0.4, -0.2) is 4.92 Å². The summed E-state index contributed by atoms with van der Waals surface area (Å²) >= 11 is 0. The van der Waals surface area contributed by atoms with Crippen LogP contribution in [0.2, 0.25) is 0 Å². The molecule has 0 atom stereocenters. The van der Waals surface area contributed by atoms with Crippen molar-refractivity contribution in [1.82, 2.24) is 0 Å². The lowest BCUT2D eigenvalue weighted by molar-refractivity contribution is -0.385. The molecule has 27 heavy (non-hydrogen) atoms. The summed E-state index contributed by atoms with van der Waals surface area (Å²) in [5.41, 5.74) is 0.300. The molecule has 138 valence electrons. The van der Waals surface area contributed by atoms with Crippen LogP contribution in [0.15, 0.2) is 78.9 Å². The molecular weight excluding hydrogens is 369 g/mol. The minimum absolute atomic E-state index is 0.0647. The Morgan fingerprint density at radius 1 is 0.778 bits per heavy atom. The van der Waals surface area contributed by atoms with Crippen molar-refractivity contribution in [1.29, 1.82) is 0 Å². The van der Waals surface area contributed by atoms with E-state index in [1.54, 1.807) is 67.6 Å². The largest absolute Gasteiger partial charge is 0.647 e. The zero-order valence-corrected chi connectivity index (χ0v) is 15.2. The first-order valence-corrected chi connectivity index (χ1v) is 9.45. The molecule has 0 bridgehead atoms. The summed E-state index contributed by atoms with van der Waals surface area (Å²) in [7, 11) is -4.11. The highest BCUT2D eigenvalue weighted by Gasteiger charge is 2.33. The van der Waals surface area contributed by atoms with Gasteiger partial charge in [0.2, 0.25) is 0 Å². The highest BCUT2D eigenvalue weighted by Crippen LogP contribution is 2.50. The zero-order chi connectivity index (χ0) is 19.3. The number of nitro groups is 1. The lowest BCUT2D eigenvalue weighted by atomic mass is 10.2. The highest BCUT2D eigenvalue weighted by atomic mass is 31.2. The second-order valence-corrected chi connectivity index (χ2v) is 6.99. The van der Waals surface area contributed by atoms with Crippen LogP contribution >= 0.6 is 7.82 Å². The van der Waals surface area contributed by atoms with E-state index in [1.165, 1.54) is 18.2 Å². The van der Waals surface area contributed by atoms with Gasteiger partial charge < -0.3 is 13.6 Å². The van der Waals surface area contributed by atoms with E-state index in [1.807, 2.05) is 0 Å². The summed E-state index contributed by atoms with van der Waals surface area (Å²) in [5, 5.41) is 11.0. The van der Waals surface area contributed by atoms with Gasteiger partial charge in [-0.1, -0.05) is 36.4 Å². The van der Waals surface area contributed by atoms with E-state index in [0.29, 0.717) is 17.1 Å². The molecule has 0 aliphatic rings. The van der Waals surface area contributed by atoms with Crippen molar-refractivity contribution >= 4 is 13.5 Å². The molecule has 3 rings (SSSR count). The van der Waals surface area contributed by atoms with Crippen LogP contribution in [0.5, 0.6) is 17.2 Å². The van der Waals surface area contributed by atoms with Gasteiger partial charge in [-0.25, -0.2) is 0 Å². The first-order valence-electron chi connectivity index (χ1n) is 7.99. The molecule has 0 saturated heterocycles. The average molecular weight is 385 g/mol. The highest BCUT2D eigenvalue weighted by molar-refractivity contribution is 7.49. The van der Waals surface area contributed by atoms with Crippen molar-refractivity contribution in [3.63, 3.8) is 0 Å². The lowest BCUT2D eigenvalue weighted by Gasteiger charge is -2.19. The summed E-state index contributed by atoms with van der Waals surface area (Å²) in [5.74, 6) is 0.735. The molecule has 0 spiro atoms. The number of para-hydroxylation sites is 2. The van der Waals surface area contributed by atoms with E-state index in [9.17, 15) is 14.7 Å². The molecule has 7 nitrogen and oxygen atoms in total. The first-order chi connectivity index (χ1) is 13.0. The normalized spacial score (nSPS) is 10.9. The summed E-state index contributed by atoms with van der Waals surface area (Å²) in [6, 6.07) is 21.0. The monoisotopic (exact) mass is 385 g/mol. The Bertz CT molecular complexity index is 933. The van der Waals surface area contributed by atoms with Crippen LogP contribution < -0.4 is 13.6 Å². The lowest BCUT2D eigenvalue weighted by Crippen LogP contribution is -2.07. The molecule has 0 amide bonds. The molecule has 0 radical (unpaired) electrons. The molecule has 8 heteroatoms. The summed E-state index contributed by atoms with van der Waals surface area (Å²) in [4.78, 5) is 10.5. The summed E-state index contributed by atoms with van der Waals surface area (Å²) in [6.07, 6.45) is 0. The number of benzene rings is 3. The van der Waals surface area contributed by atoms with Gasteiger partial charge in [0.1, 0.15) is 17.2 Å². The predicted molar refractivity (Wildman–Crippen MR) is 100 cm³/mol. The molecule has 0 saturated carbocycles. The van der Waals surface area contributed by atoms with Crippen molar-refractivity contribution in [2.24, 2.45) is 0 Å². The molecule has 0 N–H and O–H groups in total. The third kappa shape index (κ3) is 4.86. The fourth-order valence-electron chi connectivity index (χ4n) is 2.30. The maximum absolute atomic E-state index is 13.3. The van der Waals surface area contributed by atoms with E-state index in [-0.39, 0.29) is 11.4 Å². The van der Waals surface area contributed by atoms with Crippen LogP contribution in [0.3, 0.4) is 0 Å². The van der Waals surface area contributed by atoms with Gasteiger partial charge in [-0.3, -0.25) is 10.1 Å². The standard InChI is InChI=1S/C19H16NO6P/c1-15-14-18(12-13-19(15)20(21)22)26-27(23,24-16-8-4-2-5-9-16)25-17-10-6-3-7-11-17/h2-14H,1H3. The van der Waals surface area contributed by atoms with Gasteiger partial charge in [-0.05, 0) is 43.3 Å². The molecule has 3 aromatic rings.